The monoisotopic (exact) mass is 331 g/mol. The van der Waals surface area contributed by atoms with Crippen molar-refractivity contribution in [2.75, 3.05) is 5.32 Å². The van der Waals surface area contributed by atoms with E-state index in [0.717, 1.165) is 31.4 Å². The lowest BCUT2D eigenvalue weighted by molar-refractivity contribution is -0.118. The molecule has 2 nitrogen and oxygen atoms in total. The van der Waals surface area contributed by atoms with Crippen LogP contribution in [0.15, 0.2) is 24.3 Å². The molecule has 18 heavy (non-hydrogen) atoms. The van der Waals surface area contributed by atoms with E-state index in [1.165, 1.54) is 0 Å². The molecule has 0 saturated heterocycles. The molecule has 0 aliphatic carbocycles. The van der Waals surface area contributed by atoms with Crippen molar-refractivity contribution in [2.45, 2.75) is 43.9 Å². The first-order valence-electron chi connectivity index (χ1n) is 6.27. The van der Waals surface area contributed by atoms with Gasteiger partial charge in [0.2, 0.25) is 5.91 Å². The minimum atomic E-state index is -0.462. The third-order valence-electron chi connectivity index (χ3n) is 2.80. The highest BCUT2D eigenvalue weighted by Gasteiger charge is 2.33. The van der Waals surface area contributed by atoms with Crippen LogP contribution < -0.4 is 5.32 Å². The third-order valence-corrected chi connectivity index (χ3v) is 4.21. The highest BCUT2D eigenvalue weighted by Crippen LogP contribution is 2.31. The van der Waals surface area contributed by atoms with Gasteiger partial charge in [-0.05, 0) is 37.1 Å². The Morgan fingerprint density at radius 3 is 2.17 bits per heavy atom. The number of carbonyl (C=O) groups excluding carboxylic acids is 1. The van der Waals surface area contributed by atoms with Crippen LogP contribution in [0.3, 0.4) is 0 Å². The summed E-state index contributed by atoms with van der Waals surface area (Å²) in [7, 11) is 0. The molecule has 0 spiro atoms. The summed E-state index contributed by atoms with van der Waals surface area (Å²) in [6, 6.07) is 7.16. The molecule has 1 rings (SSSR count). The fourth-order valence-electron chi connectivity index (χ4n) is 1.92. The molecule has 1 aromatic carbocycles. The summed E-state index contributed by atoms with van der Waals surface area (Å²) >= 11 is 9.42. The molecule has 0 fully saturated rings. The molecule has 0 aliphatic rings. The van der Waals surface area contributed by atoms with Crippen LogP contribution in [-0.4, -0.2) is 10.2 Å². The minimum absolute atomic E-state index is 0.0218. The third kappa shape index (κ3) is 4.29. The second kappa shape index (κ2) is 7.15. The van der Waals surface area contributed by atoms with Crippen LogP contribution in [0.2, 0.25) is 5.02 Å². The van der Waals surface area contributed by atoms with Crippen LogP contribution in [0.4, 0.5) is 5.69 Å². The van der Waals surface area contributed by atoms with Crippen LogP contribution in [0.5, 0.6) is 0 Å². The zero-order chi connectivity index (χ0) is 13.6. The van der Waals surface area contributed by atoms with E-state index in [0.29, 0.717) is 5.02 Å². The molecule has 0 aliphatic heterocycles. The molecule has 0 radical (unpaired) electrons. The standard InChI is InChI=1S/C14H19BrClNO/c1-3-9-14(15,10-4-2)13(18)17-12-7-5-11(16)6-8-12/h5-8H,3-4,9-10H2,1-2H3,(H,17,18). The number of amides is 1. The molecule has 1 aromatic rings. The van der Waals surface area contributed by atoms with Crippen molar-refractivity contribution in [2.24, 2.45) is 0 Å². The smallest absolute Gasteiger partial charge is 0.241 e. The fraction of sp³-hybridized carbons (Fsp3) is 0.500. The summed E-state index contributed by atoms with van der Waals surface area (Å²) in [5, 5.41) is 3.60. The van der Waals surface area contributed by atoms with Gasteiger partial charge in [-0.25, -0.2) is 0 Å². The quantitative estimate of drug-likeness (QED) is 0.729. The van der Waals surface area contributed by atoms with Crippen molar-refractivity contribution in [3.05, 3.63) is 29.3 Å². The van der Waals surface area contributed by atoms with E-state index in [1.54, 1.807) is 12.1 Å². The van der Waals surface area contributed by atoms with E-state index in [1.807, 2.05) is 12.1 Å². The Balaban J connectivity index is 2.75. The van der Waals surface area contributed by atoms with E-state index in [2.05, 4.69) is 35.1 Å². The predicted octanol–water partition coefficient (Wildman–Crippen LogP) is 5.01. The highest BCUT2D eigenvalue weighted by atomic mass is 79.9. The molecular formula is C14H19BrClNO. The molecule has 0 atom stereocenters. The van der Waals surface area contributed by atoms with Crippen LogP contribution in [0, 0.1) is 0 Å². The lowest BCUT2D eigenvalue weighted by Crippen LogP contribution is -2.37. The topological polar surface area (TPSA) is 29.1 Å². The van der Waals surface area contributed by atoms with Gasteiger partial charge in [-0.1, -0.05) is 54.2 Å². The molecule has 100 valence electrons. The Hall–Kier alpha value is -0.540. The van der Waals surface area contributed by atoms with Gasteiger partial charge in [0.1, 0.15) is 4.32 Å². The number of hydrogen-bond donors (Lipinski definition) is 1. The van der Waals surface area contributed by atoms with E-state index < -0.39 is 4.32 Å². The largest absolute Gasteiger partial charge is 0.325 e. The van der Waals surface area contributed by atoms with E-state index in [-0.39, 0.29) is 5.91 Å². The molecule has 0 saturated carbocycles. The van der Waals surface area contributed by atoms with Crippen molar-refractivity contribution < 1.29 is 4.79 Å². The van der Waals surface area contributed by atoms with Crippen molar-refractivity contribution in [3.8, 4) is 0 Å². The van der Waals surface area contributed by atoms with Gasteiger partial charge < -0.3 is 5.32 Å². The number of hydrogen-bond acceptors (Lipinski definition) is 1. The molecule has 0 bridgehead atoms. The van der Waals surface area contributed by atoms with Crippen LogP contribution in [0.25, 0.3) is 0 Å². The highest BCUT2D eigenvalue weighted by molar-refractivity contribution is 9.10. The van der Waals surface area contributed by atoms with Gasteiger partial charge in [-0.3, -0.25) is 4.79 Å². The van der Waals surface area contributed by atoms with Crippen LogP contribution >= 0.6 is 27.5 Å². The van der Waals surface area contributed by atoms with Gasteiger partial charge in [0.05, 0.1) is 0 Å². The number of anilines is 1. The van der Waals surface area contributed by atoms with Gasteiger partial charge in [0.15, 0.2) is 0 Å². The lowest BCUT2D eigenvalue weighted by Gasteiger charge is -2.25. The first kappa shape index (κ1) is 15.5. The second-order valence-electron chi connectivity index (χ2n) is 4.43. The van der Waals surface area contributed by atoms with Crippen LogP contribution in [0.1, 0.15) is 39.5 Å². The van der Waals surface area contributed by atoms with Crippen molar-refractivity contribution >= 4 is 39.1 Å². The number of carbonyl (C=O) groups is 1. The van der Waals surface area contributed by atoms with Gasteiger partial charge in [-0.15, -0.1) is 0 Å². The molecule has 0 heterocycles. The SMILES string of the molecule is CCCC(Br)(CCC)C(=O)Nc1ccc(Cl)cc1. The zero-order valence-corrected chi connectivity index (χ0v) is 13.1. The number of halogens is 2. The summed E-state index contributed by atoms with van der Waals surface area (Å²) in [5.41, 5.74) is 0.778. The minimum Gasteiger partial charge on any atom is -0.325 e. The first-order valence-corrected chi connectivity index (χ1v) is 7.45. The summed E-state index contributed by atoms with van der Waals surface area (Å²) in [4.78, 5) is 12.3. The predicted molar refractivity (Wildman–Crippen MR) is 81.6 cm³/mol. The summed E-state index contributed by atoms with van der Waals surface area (Å²) < 4.78 is -0.462. The number of nitrogens with one attached hydrogen (secondary N) is 1. The second-order valence-corrected chi connectivity index (χ2v) is 6.38. The van der Waals surface area contributed by atoms with Crippen LogP contribution in [-0.2, 0) is 4.79 Å². The Morgan fingerprint density at radius 1 is 1.22 bits per heavy atom. The maximum atomic E-state index is 12.3. The Labute approximate surface area is 122 Å². The zero-order valence-electron chi connectivity index (χ0n) is 10.8. The average molecular weight is 333 g/mol. The Morgan fingerprint density at radius 2 is 1.72 bits per heavy atom. The molecule has 1 N–H and O–H groups in total. The average Bonchev–Trinajstić information content (AvgIpc) is 2.32. The van der Waals surface area contributed by atoms with Gasteiger partial charge in [-0.2, -0.15) is 0 Å². The normalized spacial score (nSPS) is 11.3. The number of rotatable bonds is 6. The summed E-state index contributed by atoms with van der Waals surface area (Å²) in [6.07, 6.45) is 3.61. The van der Waals surface area contributed by atoms with E-state index in [9.17, 15) is 4.79 Å². The Bertz CT molecular complexity index is 385. The molecule has 0 unspecified atom stereocenters. The van der Waals surface area contributed by atoms with E-state index in [4.69, 9.17) is 11.6 Å². The number of benzene rings is 1. The maximum Gasteiger partial charge on any atom is 0.241 e. The summed E-state index contributed by atoms with van der Waals surface area (Å²) in [5.74, 6) is 0.0218. The van der Waals surface area contributed by atoms with Gasteiger partial charge >= 0.3 is 0 Å². The number of alkyl halides is 1. The van der Waals surface area contributed by atoms with Crippen molar-refractivity contribution in [1.29, 1.82) is 0 Å². The van der Waals surface area contributed by atoms with E-state index >= 15 is 0 Å². The Kier molecular flexibility index (Phi) is 6.16. The van der Waals surface area contributed by atoms with Gasteiger partial charge in [0.25, 0.3) is 0 Å². The molecular weight excluding hydrogens is 314 g/mol. The first-order chi connectivity index (χ1) is 8.51. The maximum absolute atomic E-state index is 12.3. The summed E-state index contributed by atoms with van der Waals surface area (Å²) in [6.45, 7) is 4.17. The molecule has 4 heteroatoms. The van der Waals surface area contributed by atoms with Gasteiger partial charge in [0, 0.05) is 10.7 Å². The molecule has 0 aromatic heterocycles. The fourth-order valence-corrected chi connectivity index (χ4v) is 2.94. The molecule has 1 amide bonds. The lowest BCUT2D eigenvalue weighted by atomic mass is 9.97. The van der Waals surface area contributed by atoms with Crippen molar-refractivity contribution in [3.63, 3.8) is 0 Å². The van der Waals surface area contributed by atoms with Crippen molar-refractivity contribution in [1.82, 2.24) is 0 Å².